The molecule has 0 spiro atoms. The van der Waals surface area contributed by atoms with E-state index in [0.29, 0.717) is 0 Å². The largest absolute Gasteiger partial charge is 0.495 e. The predicted octanol–water partition coefficient (Wildman–Crippen LogP) is 3.30. The van der Waals surface area contributed by atoms with E-state index in [0.717, 1.165) is 47.5 Å². The molecule has 2 unspecified atom stereocenters. The Morgan fingerprint density at radius 2 is 2.20 bits per heavy atom. The highest BCUT2D eigenvalue weighted by Gasteiger charge is 2.30. The first kappa shape index (κ1) is 15.6. The number of hydrogen-bond donors (Lipinski definition) is 1. The average Bonchev–Trinajstić information content (AvgIpc) is 2.98. The topological polar surface area (TPSA) is 39.7 Å². The van der Waals surface area contributed by atoms with Crippen molar-refractivity contribution in [2.24, 2.45) is 0 Å². The van der Waals surface area contributed by atoms with Crippen LogP contribution in [0.3, 0.4) is 0 Å². The van der Waals surface area contributed by atoms with Gasteiger partial charge in [0.15, 0.2) is 0 Å². The van der Waals surface area contributed by atoms with Gasteiger partial charge in [0, 0.05) is 12.2 Å². The second-order valence-corrected chi connectivity index (χ2v) is 5.58. The molecular formula is C15H22BrNO3. The third-order valence-electron chi connectivity index (χ3n) is 3.61. The Balaban J connectivity index is 2.39. The molecule has 20 heavy (non-hydrogen) atoms. The van der Waals surface area contributed by atoms with Crippen molar-refractivity contribution in [2.75, 3.05) is 27.4 Å². The van der Waals surface area contributed by atoms with E-state index in [1.807, 2.05) is 6.07 Å². The molecule has 0 bridgehead atoms. The maximum Gasteiger partial charge on any atom is 0.141 e. The van der Waals surface area contributed by atoms with Gasteiger partial charge in [0.2, 0.25) is 0 Å². The van der Waals surface area contributed by atoms with Crippen molar-refractivity contribution in [3.8, 4) is 11.5 Å². The Morgan fingerprint density at radius 3 is 2.75 bits per heavy atom. The molecule has 5 heteroatoms. The van der Waals surface area contributed by atoms with E-state index in [1.54, 1.807) is 14.2 Å². The third kappa shape index (κ3) is 3.10. The van der Waals surface area contributed by atoms with Gasteiger partial charge < -0.3 is 19.5 Å². The molecule has 1 saturated heterocycles. The van der Waals surface area contributed by atoms with Gasteiger partial charge in [0.05, 0.1) is 26.4 Å². The van der Waals surface area contributed by atoms with E-state index in [-0.39, 0.29) is 12.1 Å². The molecule has 0 amide bonds. The van der Waals surface area contributed by atoms with Crippen LogP contribution in [-0.2, 0) is 4.74 Å². The van der Waals surface area contributed by atoms with Crippen molar-refractivity contribution in [1.29, 1.82) is 0 Å². The van der Waals surface area contributed by atoms with Crippen molar-refractivity contribution < 1.29 is 14.2 Å². The summed E-state index contributed by atoms with van der Waals surface area (Å²) in [5, 5.41) is 3.51. The van der Waals surface area contributed by atoms with Crippen LogP contribution in [-0.4, -0.2) is 33.5 Å². The third-order valence-corrected chi connectivity index (χ3v) is 4.36. The first-order valence-electron chi connectivity index (χ1n) is 6.98. The molecule has 0 aliphatic carbocycles. The van der Waals surface area contributed by atoms with Gasteiger partial charge in [0.25, 0.3) is 0 Å². The minimum atomic E-state index is 0.139. The molecule has 1 aliphatic heterocycles. The summed E-state index contributed by atoms with van der Waals surface area (Å²) < 4.78 is 17.6. The van der Waals surface area contributed by atoms with Gasteiger partial charge in [-0.05, 0) is 47.4 Å². The lowest BCUT2D eigenvalue weighted by Crippen LogP contribution is -2.32. The first-order chi connectivity index (χ1) is 9.72. The van der Waals surface area contributed by atoms with Crippen molar-refractivity contribution >= 4 is 15.9 Å². The first-order valence-corrected chi connectivity index (χ1v) is 7.77. The molecule has 112 valence electrons. The van der Waals surface area contributed by atoms with Crippen LogP contribution in [0.4, 0.5) is 0 Å². The standard InChI is InChI=1S/C15H22BrNO3/c1-4-17-14(12-6-5-9-20-12)10-7-8-11(18-2)13(16)15(10)19-3/h7-8,12,14,17H,4-6,9H2,1-3H3. The second-order valence-electron chi connectivity index (χ2n) is 4.79. The Hall–Kier alpha value is -0.780. The van der Waals surface area contributed by atoms with E-state index in [4.69, 9.17) is 14.2 Å². The molecule has 1 fully saturated rings. The van der Waals surface area contributed by atoms with E-state index in [1.165, 1.54) is 0 Å². The fourth-order valence-corrected chi connectivity index (χ4v) is 3.37. The zero-order valence-corrected chi connectivity index (χ0v) is 13.8. The minimum Gasteiger partial charge on any atom is -0.495 e. The number of benzene rings is 1. The van der Waals surface area contributed by atoms with Crippen LogP contribution in [0.25, 0.3) is 0 Å². The van der Waals surface area contributed by atoms with Crippen molar-refractivity contribution in [2.45, 2.75) is 31.9 Å². The Labute approximate surface area is 128 Å². The number of methoxy groups -OCH3 is 2. The molecular weight excluding hydrogens is 322 g/mol. The number of hydrogen-bond acceptors (Lipinski definition) is 4. The second kappa shape index (κ2) is 7.29. The highest BCUT2D eigenvalue weighted by atomic mass is 79.9. The molecule has 2 rings (SSSR count). The van der Waals surface area contributed by atoms with Gasteiger partial charge >= 0.3 is 0 Å². The Bertz CT molecular complexity index is 447. The number of halogens is 1. The summed E-state index contributed by atoms with van der Waals surface area (Å²) in [5.74, 6) is 1.58. The van der Waals surface area contributed by atoms with Crippen LogP contribution < -0.4 is 14.8 Å². The maximum absolute atomic E-state index is 5.85. The van der Waals surface area contributed by atoms with Crippen LogP contribution in [0.2, 0.25) is 0 Å². The van der Waals surface area contributed by atoms with Gasteiger partial charge in [-0.25, -0.2) is 0 Å². The molecule has 1 N–H and O–H groups in total. The summed E-state index contributed by atoms with van der Waals surface area (Å²) in [7, 11) is 3.34. The summed E-state index contributed by atoms with van der Waals surface area (Å²) in [6.45, 7) is 3.83. The molecule has 4 nitrogen and oxygen atoms in total. The lowest BCUT2D eigenvalue weighted by atomic mass is 9.98. The zero-order valence-electron chi connectivity index (χ0n) is 12.2. The number of ether oxygens (including phenoxy) is 3. The fraction of sp³-hybridized carbons (Fsp3) is 0.600. The Kier molecular flexibility index (Phi) is 5.69. The van der Waals surface area contributed by atoms with E-state index in [9.17, 15) is 0 Å². The quantitative estimate of drug-likeness (QED) is 0.860. The molecule has 0 aromatic heterocycles. The molecule has 1 heterocycles. The van der Waals surface area contributed by atoms with Crippen LogP contribution in [0.15, 0.2) is 16.6 Å². The maximum atomic E-state index is 5.85. The number of rotatable bonds is 6. The number of likely N-dealkylation sites (N-methyl/N-ethyl adjacent to an activating group) is 1. The SMILES string of the molecule is CCNC(c1ccc(OC)c(Br)c1OC)C1CCCO1. The Morgan fingerprint density at radius 1 is 1.40 bits per heavy atom. The van der Waals surface area contributed by atoms with Crippen LogP contribution in [0, 0.1) is 0 Å². The summed E-state index contributed by atoms with van der Waals surface area (Å²) in [6.07, 6.45) is 2.39. The van der Waals surface area contributed by atoms with E-state index < -0.39 is 0 Å². The monoisotopic (exact) mass is 343 g/mol. The smallest absolute Gasteiger partial charge is 0.141 e. The normalized spacial score (nSPS) is 19.9. The minimum absolute atomic E-state index is 0.139. The fourth-order valence-electron chi connectivity index (χ4n) is 2.69. The lowest BCUT2D eigenvalue weighted by molar-refractivity contribution is 0.0779. The molecule has 0 saturated carbocycles. The molecule has 1 aromatic rings. The zero-order chi connectivity index (χ0) is 14.5. The summed E-state index contributed by atoms with van der Waals surface area (Å²) >= 11 is 3.56. The van der Waals surface area contributed by atoms with Crippen molar-refractivity contribution in [3.63, 3.8) is 0 Å². The van der Waals surface area contributed by atoms with Gasteiger partial charge in [0.1, 0.15) is 16.0 Å². The van der Waals surface area contributed by atoms with Crippen molar-refractivity contribution in [1.82, 2.24) is 5.32 Å². The van der Waals surface area contributed by atoms with Crippen LogP contribution in [0.1, 0.15) is 31.4 Å². The molecule has 1 aliphatic rings. The number of nitrogens with one attached hydrogen (secondary N) is 1. The summed E-state index contributed by atoms with van der Waals surface area (Å²) in [5.41, 5.74) is 1.11. The highest BCUT2D eigenvalue weighted by Crippen LogP contribution is 2.41. The van der Waals surface area contributed by atoms with Crippen LogP contribution in [0.5, 0.6) is 11.5 Å². The summed E-state index contributed by atoms with van der Waals surface area (Å²) in [6, 6.07) is 4.15. The molecule has 1 aromatic carbocycles. The average molecular weight is 344 g/mol. The molecule has 2 atom stereocenters. The van der Waals surface area contributed by atoms with Gasteiger partial charge in [-0.3, -0.25) is 0 Å². The molecule has 0 radical (unpaired) electrons. The van der Waals surface area contributed by atoms with Crippen LogP contribution >= 0.6 is 15.9 Å². The lowest BCUT2D eigenvalue weighted by Gasteiger charge is -2.26. The van der Waals surface area contributed by atoms with Crippen molar-refractivity contribution in [3.05, 3.63) is 22.2 Å². The van der Waals surface area contributed by atoms with Gasteiger partial charge in [-0.1, -0.05) is 6.92 Å². The van der Waals surface area contributed by atoms with E-state index in [2.05, 4.69) is 34.2 Å². The van der Waals surface area contributed by atoms with Gasteiger partial charge in [-0.15, -0.1) is 0 Å². The van der Waals surface area contributed by atoms with E-state index >= 15 is 0 Å². The van der Waals surface area contributed by atoms with Gasteiger partial charge in [-0.2, -0.15) is 0 Å². The summed E-state index contributed by atoms with van der Waals surface area (Å²) in [4.78, 5) is 0. The predicted molar refractivity (Wildman–Crippen MR) is 82.6 cm³/mol. The highest BCUT2D eigenvalue weighted by molar-refractivity contribution is 9.10.